The van der Waals surface area contributed by atoms with Crippen LogP contribution in [0.3, 0.4) is 0 Å². The van der Waals surface area contributed by atoms with Crippen LogP contribution in [0, 0.1) is 0 Å². The number of benzene rings is 2. The first-order valence-corrected chi connectivity index (χ1v) is 9.64. The summed E-state index contributed by atoms with van der Waals surface area (Å²) in [6.45, 7) is 1.48. The summed E-state index contributed by atoms with van der Waals surface area (Å²) >= 11 is 0. The fourth-order valence-electron chi connectivity index (χ4n) is 3.23. The van der Waals surface area contributed by atoms with E-state index in [1.807, 2.05) is 25.1 Å². The van der Waals surface area contributed by atoms with Gasteiger partial charge in [-0.25, -0.2) is 0 Å². The molecule has 0 spiro atoms. The van der Waals surface area contributed by atoms with Crippen molar-refractivity contribution in [2.24, 2.45) is 0 Å². The van der Waals surface area contributed by atoms with E-state index in [-0.39, 0.29) is 6.54 Å². The van der Waals surface area contributed by atoms with Crippen molar-refractivity contribution in [3.63, 3.8) is 0 Å². The quantitative estimate of drug-likeness (QED) is 0.669. The summed E-state index contributed by atoms with van der Waals surface area (Å²) in [4.78, 5) is 36.1. The van der Waals surface area contributed by atoms with Gasteiger partial charge in [0.25, 0.3) is 11.8 Å². The van der Waals surface area contributed by atoms with Crippen LogP contribution in [0.2, 0.25) is 0 Å². The highest BCUT2D eigenvalue weighted by Crippen LogP contribution is 2.24. The van der Waals surface area contributed by atoms with Crippen molar-refractivity contribution in [3.8, 4) is 5.75 Å². The molecule has 1 aliphatic rings. The van der Waals surface area contributed by atoms with Crippen LogP contribution >= 0.6 is 0 Å². The molecule has 0 aliphatic heterocycles. The summed E-state index contributed by atoms with van der Waals surface area (Å²) in [5.41, 5.74) is 3.58. The Morgan fingerprint density at radius 3 is 2.66 bits per heavy atom. The number of hydrogen-bond donors (Lipinski definition) is 2. The lowest BCUT2D eigenvalue weighted by molar-refractivity contribution is -0.146. The van der Waals surface area contributed by atoms with E-state index in [2.05, 4.69) is 10.6 Å². The summed E-state index contributed by atoms with van der Waals surface area (Å²) in [5, 5.41) is 5.19. The average Bonchev–Trinajstić information content (AvgIpc) is 3.19. The van der Waals surface area contributed by atoms with Gasteiger partial charge in [0.05, 0.1) is 12.2 Å². The maximum Gasteiger partial charge on any atom is 0.325 e. The second-order valence-corrected chi connectivity index (χ2v) is 6.66. The molecule has 2 aromatic carbocycles. The molecule has 29 heavy (non-hydrogen) atoms. The summed E-state index contributed by atoms with van der Waals surface area (Å²) in [5.74, 6) is -1.14. The number of para-hydroxylation sites is 1. The Balaban J connectivity index is 1.43. The minimum Gasteiger partial charge on any atom is -0.493 e. The second kappa shape index (κ2) is 9.73. The fraction of sp³-hybridized carbons (Fsp3) is 0.318. The number of fused-ring (bicyclic) bond motifs is 1. The van der Waals surface area contributed by atoms with Crippen molar-refractivity contribution in [3.05, 3.63) is 59.2 Å². The monoisotopic (exact) mass is 396 g/mol. The van der Waals surface area contributed by atoms with E-state index in [9.17, 15) is 14.4 Å². The SMILES string of the molecule is CCOc1ccccc1C(=O)NCC(=O)OCC(=O)Nc1ccc2c(c1)CCC2. The third-order valence-corrected chi connectivity index (χ3v) is 4.57. The number of ether oxygens (including phenoxy) is 2. The molecule has 0 heterocycles. The molecule has 0 bridgehead atoms. The van der Waals surface area contributed by atoms with Crippen LogP contribution in [-0.4, -0.2) is 37.5 Å². The van der Waals surface area contributed by atoms with Crippen LogP contribution in [0.5, 0.6) is 5.75 Å². The number of amides is 2. The highest BCUT2D eigenvalue weighted by atomic mass is 16.5. The predicted octanol–water partition coefficient (Wildman–Crippen LogP) is 2.49. The molecule has 2 aromatic rings. The van der Waals surface area contributed by atoms with E-state index < -0.39 is 24.4 Å². The van der Waals surface area contributed by atoms with Crippen LogP contribution in [0.1, 0.15) is 34.8 Å². The molecule has 152 valence electrons. The number of hydrogen-bond acceptors (Lipinski definition) is 5. The Kier molecular flexibility index (Phi) is 6.84. The van der Waals surface area contributed by atoms with Crippen LogP contribution in [0.4, 0.5) is 5.69 Å². The van der Waals surface area contributed by atoms with E-state index in [1.165, 1.54) is 11.1 Å². The van der Waals surface area contributed by atoms with Crippen LogP contribution in [0.15, 0.2) is 42.5 Å². The minimum absolute atomic E-state index is 0.330. The lowest BCUT2D eigenvalue weighted by Gasteiger charge is -2.11. The van der Waals surface area contributed by atoms with Crippen molar-refractivity contribution in [2.75, 3.05) is 25.1 Å². The molecule has 2 amide bonds. The molecular weight excluding hydrogens is 372 g/mol. The molecule has 7 nitrogen and oxygen atoms in total. The van der Waals surface area contributed by atoms with Gasteiger partial charge in [-0.2, -0.15) is 0 Å². The largest absolute Gasteiger partial charge is 0.493 e. The minimum atomic E-state index is -0.698. The van der Waals surface area contributed by atoms with Gasteiger partial charge in [0.1, 0.15) is 12.3 Å². The smallest absolute Gasteiger partial charge is 0.325 e. The van der Waals surface area contributed by atoms with E-state index in [4.69, 9.17) is 9.47 Å². The van der Waals surface area contributed by atoms with E-state index in [0.717, 1.165) is 19.3 Å². The maximum atomic E-state index is 12.2. The van der Waals surface area contributed by atoms with Gasteiger partial charge in [-0.15, -0.1) is 0 Å². The normalized spacial score (nSPS) is 12.0. The summed E-state index contributed by atoms with van der Waals surface area (Å²) in [7, 11) is 0. The molecule has 0 unspecified atom stereocenters. The first-order chi connectivity index (χ1) is 14.1. The summed E-state index contributed by atoms with van der Waals surface area (Å²) < 4.78 is 10.3. The second-order valence-electron chi connectivity index (χ2n) is 6.66. The Morgan fingerprint density at radius 1 is 1.03 bits per heavy atom. The van der Waals surface area contributed by atoms with Gasteiger partial charge in [0.2, 0.25) is 0 Å². The van der Waals surface area contributed by atoms with Gasteiger partial charge in [0, 0.05) is 5.69 Å². The van der Waals surface area contributed by atoms with Gasteiger partial charge >= 0.3 is 5.97 Å². The van der Waals surface area contributed by atoms with Crippen LogP contribution < -0.4 is 15.4 Å². The number of carbonyl (C=O) groups is 3. The van der Waals surface area contributed by atoms with E-state index in [0.29, 0.717) is 23.6 Å². The first kappa shape index (κ1) is 20.4. The molecule has 2 N–H and O–H groups in total. The Bertz CT molecular complexity index is 910. The molecule has 0 fully saturated rings. The third-order valence-electron chi connectivity index (χ3n) is 4.57. The summed E-state index contributed by atoms with van der Waals surface area (Å²) in [6.07, 6.45) is 3.22. The first-order valence-electron chi connectivity index (χ1n) is 9.64. The highest BCUT2D eigenvalue weighted by molar-refractivity contribution is 5.98. The molecule has 1 aliphatic carbocycles. The maximum absolute atomic E-state index is 12.2. The zero-order chi connectivity index (χ0) is 20.6. The number of nitrogens with one attached hydrogen (secondary N) is 2. The topological polar surface area (TPSA) is 93.7 Å². The van der Waals surface area contributed by atoms with Gasteiger partial charge in [0.15, 0.2) is 6.61 Å². The average molecular weight is 396 g/mol. The molecule has 0 radical (unpaired) electrons. The van der Waals surface area contributed by atoms with E-state index >= 15 is 0 Å². The van der Waals surface area contributed by atoms with Gasteiger partial charge < -0.3 is 20.1 Å². The molecular formula is C22H24N2O5. The van der Waals surface area contributed by atoms with Crippen LogP contribution in [0.25, 0.3) is 0 Å². The molecule has 0 aromatic heterocycles. The van der Waals surface area contributed by atoms with E-state index in [1.54, 1.807) is 24.3 Å². The predicted molar refractivity (Wildman–Crippen MR) is 108 cm³/mol. The number of carbonyl (C=O) groups excluding carboxylic acids is 3. The summed E-state index contributed by atoms with van der Waals surface area (Å²) in [6, 6.07) is 12.6. The molecule has 0 atom stereocenters. The van der Waals surface area contributed by atoms with Gasteiger partial charge in [-0.1, -0.05) is 18.2 Å². The Labute approximate surface area is 169 Å². The van der Waals surface area contributed by atoms with Crippen molar-refractivity contribution in [1.29, 1.82) is 0 Å². The Morgan fingerprint density at radius 2 is 1.83 bits per heavy atom. The lowest BCUT2D eigenvalue weighted by atomic mass is 10.1. The number of anilines is 1. The van der Waals surface area contributed by atoms with Crippen LogP contribution in [-0.2, 0) is 27.2 Å². The lowest BCUT2D eigenvalue weighted by Crippen LogP contribution is -2.32. The van der Waals surface area contributed by atoms with Crippen molar-refractivity contribution < 1.29 is 23.9 Å². The molecule has 0 saturated carbocycles. The van der Waals surface area contributed by atoms with Crippen molar-refractivity contribution in [2.45, 2.75) is 26.2 Å². The number of esters is 1. The highest BCUT2D eigenvalue weighted by Gasteiger charge is 2.15. The molecule has 7 heteroatoms. The number of rotatable bonds is 8. The fourth-order valence-corrected chi connectivity index (χ4v) is 3.23. The number of aryl methyl sites for hydroxylation is 2. The molecule has 3 rings (SSSR count). The Hall–Kier alpha value is -3.35. The van der Waals surface area contributed by atoms with Crippen molar-refractivity contribution in [1.82, 2.24) is 5.32 Å². The zero-order valence-corrected chi connectivity index (χ0v) is 16.3. The van der Waals surface area contributed by atoms with Gasteiger partial charge in [-0.3, -0.25) is 14.4 Å². The van der Waals surface area contributed by atoms with Gasteiger partial charge in [-0.05, 0) is 61.6 Å². The molecule has 0 saturated heterocycles. The standard InChI is InChI=1S/C22H24N2O5/c1-2-28-19-9-4-3-8-18(19)22(27)23-13-21(26)29-14-20(25)24-17-11-10-15-6-5-7-16(15)12-17/h3-4,8-12H,2,5-7,13-14H2,1H3,(H,23,27)(H,24,25). The zero-order valence-electron chi connectivity index (χ0n) is 16.3. The van der Waals surface area contributed by atoms with Crippen molar-refractivity contribution >= 4 is 23.5 Å². The third kappa shape index (κ3) is 5.57.